The Balaban J connectivity index is 2.47. The largest absolute Gasteiger partial charge is 0.381 e. The van der Waals surface area contributed by atoms with E-state index in [1.807, 2.05) is 24.3 Å². The summed E-state index contributed by atoms with van der Waals surface area (Å²) in [5.74, 6) is 0. The first-order chi connectivity index (χ1) is 6.74. The topological polar surface area (TPSA) is 12.0 Å². The van der Waals surface area contributed by atoms with E-state index >= 15 is 0 Å². The van der Waals surface area contributed by atoms with Gasteiger partial charge in [0.25, 0.3) is 0 Å². The minimum Gasteiger partial charge on any atom is -0.381 e. The van der Waals surface area contributed by atoms with Crippen LogP contribution in [-0.4, -0.2) is 6.04 Å². The normalized spacial score (nSPS) is 12.5. The fraction of sp³-hybridized carbons (Fsp3) is 0.500. The molecule has 1 nitrogen and oxygen atoms in total. The third kappa shape index (κ3) is 3.59. The Morgan fingerprint density at radius 1 is 1.36 bits per heavy atom. The van der Waals surface area contributed by atoms with Gasteiger partial charge in [-0.3, -0.25) is 0 Å². The molecule has 0 spiro atoms. The van der Waals surface area contributed by atoms with Crippen LogP contribution in [0.15, 0.2) is 24.3 Å². The number of benzene rings is 1. The van der Waals surface area contributed by atoms with E-state index in [9.17, 15) is 0 Å². The molecular formula is C12H18ClN. The lowest BCUT2D eigenvalue weighted by Gasteiger charge is -2.15. The predicted octanol–water partition coefficient (Wildman–Crippen LogP) is 4.33. The van der Waals surface area contributed by atoms with Gasteiger partial charge in [-0.2, -0.15) is 0 Å². The quantitative estimate of drug-likeness (QED) is 0.765. The third-order valence-corrected chi connectivity index (χ3v) is 2.60. The summed E-state index contributed by atoms with van der Waals surface area (Å²) in [6.07, 6.45) is 3.70. The molecule has 1 aromatic carbocycles. The molecule has 0 saturated carbocycles. The molecule has 1 N–H and O–H groups in total. The Morgan fingerprint density at radius 3 is 2.71 bits per heavy atom. The van der Waals surface area contributed by atoms with Gasteiger partial charge in [0.05, 0.1) is 10.7 Å². The molecule has 2 heteroatoms. The zero-order chi connectivity index (χ0) is 10.4. The van der Waals surface area contributed by atoms with Crippen LogP contribution in [-0.2, 0) is 0 Å². The van der Waals surface area contributed by atoms with Crippen LogP contribution in [0.3, 0.4) is 0 Å². The lowest BCUT2D eigenvalue weighted by atomic mass is 10.1. The summed E-state index contributed by atoms with van der Waals surface area (Å²) < 4.78 is 0. The first-order valence-corrected chi connectivity index (χ1v) is 5.63. The van der Waals surface area contributed by atoms with Gasteiger partial charge in [-0.05, 0) is 25.5 Å². The number of rotatable bonds is 5. The molecule has 0 bridgehead atoms. The van der Waals surface area contributed by atoms with E-state index in [0.717, 1.165) is 10.7 Å². The van der Waals surface area contributed by atoms with Crippen LogP contribution in [0.5, 0.6) is 0 Å². The Labute approximate surface area is 91.5 Å². The van der Waals surface area contributed by atoms with Crippen LogP contribution in [0.4, 0.5) is 5.69 Å². The molecule has 14 heavy (non-hydrogen) atoms. The molecule has 1 aromatic rings. The highest BCUT2D eigenvalue weighted by Gasteiger charge is 2.03. The van der Waals surface area contributed by atoms with E-state index in [-0.39, 0.29) is 0 Å². The average Bonchev–Trinajstić information content (AvgIpc) is 2.18. The monoisotopic (exact) mass is 211 g/mol. The summed E-state index contributed by atoms with van der Waals surface area (Å²) in [6, 6.07) is 8.38. The van der Waals surface area contributed by atoms with Crippen molar-refractivity contribution in [3.05, 3.63) is 29.3 Å². The maximum Gasteiger partial charge on any atom is 0.0637 e. The van der Waals surface area contributed by atoms with Crippen LogP contribution < -0.4 is 5.32 Å². The SMILES string of the molecule is CCCCC(C)Nc1ccccc1Cl. The molecule has 0 aromatic heterocycles. The Hall–Kier alpha value is -0.690. The summed E-state index contributed by atoms with van der Waals surface area (Å²) in [6.45, 7) is 4.40. The van der Waals surface area contributed by atoms with Gasteiger partial charge >= 0.3 is 0 Å². The lowest BCUT2D eigenvalue weighted by molar-refractivity contribution is 0.645. The van der Waals surface area contributed by atoms with E-state index in [1.165, 1.54) is 19.3 Å². The molecule has 0 amide bonds. The highest BCUT2D eigenvalue weighted by atomic mass is 35.5. The van der Waals surface area contributed by atoms with Crippen molar-refractivity contribution in [3.63, 3.8) is 0 Å². The molecule has 1 rings (SSSR count). The molecule has 0 aliphatic heterocycles. The summed E-state index contributed by atoms with van der Waals surface area (Å²) >= 11 is 6.04. The first-order valence-electron chi connectivity index (χ1n) is 5.25. The number of hydrogen-bond donors (Lipinski definition) is 1. The smallest absolute Gasteiger partial charge is 0.0637 e. The van der Waals surface area contributed by atoms with Crippen molar-refractivity contribution in [2.75, 3.05) is 5.32 Å². The van der Waals surface area contributed by atoms with Gasteiger partial charge in [0.1, 0.15) is 0 Å². The molecule has 78 valence electrons. The van der Waals surface area contributed by atoms with E-state index in [2.05, 4.69) is 19.2 Å². The molecular weight excluding hydrogens is 194 g/mol. The van der Waals surface area contributed by atoms with Crippen molar-refractivity contribution in [3.8, 4) is 0 Å². The molecule has 1 atom stereocenters. The van der Waals surface area contributed by atoms with E-state index in [0.29, 0.717) is 6.04 Å². The summed E-state index contributed by atoms with van der Waals surface area (Å²) in [7, 11) is 0. The zero-order valence-corrected chi connectivity index (χ0v) is 9.64. The fourth-order valence-corrected chi connectivity index (χ4v) is 1.62. The fourth-order valence-electron chi connectivity index (χ4n) is 1.43. The van der Waals surface area contributed by atoms with Crippen molar-refractivity contribution < 1.29 is 0 Å². The van der Waals surface area contributed by atoms with Crippen molar-refractivity contribution in [2.45, 2.75) is 39.2 Å². The first kappa shape index (κ1) is 11.4. The van der Waals surface area contributed by atoms with Gasteiger partial charge in [0.2, 0.25) is 0 Å². The minimum absolute atomic E-state index is 0.495. The van der Waals surface area contributed by atoms with Crippen LogP contribution in [0, 0.1) is 0 Å². The standard InChI is InChI=1S/C12H18ClN/c1-3-4-7-10(2)14-12-9-6-5-8-11(12)13/h5-6,8-10,14H,3-4,7H2,1-2H3. The Bertz CT molecular complexity index is 273. The van der Waals surface area contributed by atoms with Gasteiger partial charge in [-0.15, -0.1) is 0 Å². The van der Waals surface area contributed by atoms with Crippen LogP contribution in [0.1, 0.15) is 33.1 Å². The van der Waals surface area contributed by atoms with Gasteiger partial charge in [-0.25, -0.2) is 0 Å². The average molecular weight is 212 g/mol. The number of hydrogen-bond acceptors (Lipinski definition) is 1. The van der Waals surface area contributed by atoms with Crippen molar-refractivity contribution in [2.24, 2.45) is 0 Å². The molecule has 0 aliphatic rings. The second-order valence-corrected chi connectivity index (χ2v) is 4.07. The number of unbranched alkanes of at least 4 members (excludes halogenated alkanes) is 1. The molecule has 0 radical (unpaired) electrons. The lowest BCUT2D eigenvalue weighted by Crippen LogP contribution is -2.14. The second-order valence-electron chi connectivity index (χ2n) is 3.67. The van der Waals surface area contributed by atoms with Crippen molar-refractivity contribution >= 4 is 17.3 Å². The molecule has 1 unspecified atom stereocenters. The molecule has 0 fully saturated rings. The summed E-state index contributed by atoms with van der Waals surface area (Å²) in [5, 5.41) is 4.21. The van der Waals surface area contributed by atoms with Crippen molar-refractivity contribution in [1.82, 2.24) is 0 Å². The van der Waals surface area contributed by atoms with E-state index in [1.54, 1.807) is 0 Å². The van der Waals surface area contributed by atoms with E-state index < -0.39 is 0 Å². The van der Waals surface area contributed by atoms with Gasteiger partial charge in [0, 0.05) is 6.04 Å². The molecule has 0 saturated heterocycles. The zero-order valence-electron chi connectivity index (χ0n) is 8.89. The highest BCUT2D eigenvalue weighted by molar-refractivity contribution is 6.33. The van der Waals surface area contributed by atoms with Gasteiger partial charge in [-0.1, -0.05) is 43.5 Å². The van der Waals surface area contributed by atoms with Gasteiger partial charge in [0.15, 0.2) is 0 Å². The number of halogens is 1. The Morgan fingerprint density at radius 2 is 2.07 bits per heavy atom. The number of nitrogens with one attached hydrogen (secondary N) is 1. The van der Waals surface area contributed by atoms with Crippen LogP contribution >= 0.6 is 11.6 Å². The maximum absolute atomic E-state index is 6.04. The van der Waals surface area contributed by atoms with Crippen molar-refractivity contribution in [1.29, 1.82) is 0 Å². The molecule has 0 aliphatic carbocycles. The maximum atomic E-state index is 6.04. The van der Waals surface area contributed by atoms with Crippen LogP contribution in [0.25, 0.3) is 0 Å². The van der Waals surface area contributed by atoms with Gasteiger partial charge < -0.3 is 5.32 Å². The second kappa shape index (κ2) is 5.92. The summed E-state index contributed by atoms with van der Waals surface area (Å²) in [4.78, 5) is 0. The highest BCUT2D eigenvalue weighted by Crippen LogP contribution is 2.21. The Kier molecular flexibility index (Phi) is 4.81. The van der Waals surface area contributed by atoms with Crippen LogP contribution in [0.2, 0.25) is 5.02 Å². The third-order valence-electron chi connectivity index (χ3n) is 2.27. The van der Waals surface area contributed by atoms with E-state index in [4.69, 9.17) is 11.6 Å². The predicted molar refractivity (Wildman–Crippen MR) is 64.1 cm³/mol. The molecule has 0 heterocycles. The number of para-hydroxylation sites is 1. The summed E-state index contributed by atoms with van der Waals surface area (Å²) in [5.41, 5.74) is 1.04. The number of anilines is 1. The minimum atomic E-state index is 0.495.